The van der Waals surface area contributed by atoms with Gasteiger partial charge in [0, 0.05) is 19.1 Å². The summed E-state index contributed by atoms with van der Waals surface area (Å²) >= 11 is 0. The van der Waals surface area contributed by atoms with Crippen LogP contribution in [0.5, 0.6) is 11.5 Å². The van der Waals surface area contributed by atoms with Gasteiger partial charge in [-0.1, -0.05) is 12.1 Å². The van der Waals surface area contributed by atoms with Gasteiger partial charge >= 0.3 is 5.97 Å². The Balaban J connectivity index is 1.72. The number of ether oxygens (including phenoxy) is 2. The highest BCUT2D eigenvalue weighted by Gasteiger charge is 2.30. The van der Waals surface area contributed by atoms with Crippen molar-refractivity contribution in [3.63, 3.8) is 0 Å². The van der Waals surface area contributed by atoms with Crippen LogP contribution in [0.4, 0.5) is 5.69 Å². The minimum absolute atomic E-state index is 0.113. The summed E-state index contributed by atoms with van der Waals surface area (Å²) in [5.74, 6) is 0.0725. The highest BCUT2D eigenvalue weighted by atomic mass is 32.2. The van der Waals surface area contributed by atoms with Gasteiger partial charge in [-0.2, -0.15) is 0 Å². The lowest BCUT2D eigenvalue weighted by Crippen LogP contribution is -2.49. The summed E-state index contributed by atoms with van der Waals surface area (Å²) in [5, 5.41) is 23.1. The number of sulfonamides is 1. The molecule has 1 unspecified atom stereocenters. The van der Waals surface area contributed by atoms with Crippen molar-refractivity contribution >= 4 is 21.7 Å². The molecule has 9 nitrogen and oxygen atoms in total. The highest BCUT2D eigenvalue weighted by molar-refractivity contribution is 7.92. The summed E-state index contributed by atoms with van der Waals surface area (Å²) in [6.45, 7) is 2.17. The second-order valence-electron chi connectivity index (χ2n) is 7.59. The molecule has 0 bridgehead atoms. The molecule has 0 aromatic heterocycles. The number of benzene rings is 2. The molecule has 0 radical (unpaired) electrons. The quantitative estimate of drug-likeness (QED) is 0.475. The van der Waals surface area contributed by atoms with Gasteiger partial charge in [0.15, 0.2) is 6.61 Å². The Morgan fingerprint density at radius 1 is 1.25 bits per heavy atom. The summed E-state index contributed by atoms with van der Waals surface area (Å²) in [5.41, 5.74) is 1.95. The van der Waals surface area contributed by atoms with E-state index in [0.29, 0.717) is 23.4 Å². The van der Waals surface area contributed by atoms with Gasteiger partial charge in [-0.05, 0) is 54.8 Å². The molecule has 3 rings (SSSR count). The average molecular weight is 465 g/mol. The topological polar surface area (TPSA) is 125 Å². The molecule has 2 atom stereocenters. The molecule has 10 heteroatoms. The number of carbonyl (C=O) groups is 1. The Hall–Kier alpha value is -2.82. The van der Waals surface area contributed by atoms with E-state index in [-0.39, 0.29) is 38.1 Å². The SMILES string of the molecule is CCOC(=O)COc1ccc2c(c1)CC(NC[C@H](O)c1ccc(O)cc1)CN2S(C)(=O)=O. The minimum atomic E-state index is -3.53. The van der Waals surface area contributed by atoms with Gasteiger partial charge in [0.25, 0.3) is 0 Å². The number of nitrogens with zero attached hydrogens (tertiary/aromatic N) is 1. The summed E-state index contributed by atoms with van der Waals surface area (Å²) in [7, 11) is -3.53. The number of aliphatic hydroxyl groups is 1. The fourth-order valence-electron chi connectivity index (χ4n) is 3.58. The van der Waals surface area contributed by atoms with E-state index in [1.54, 1.807) is 37.3 Å². The first-order valence-electron chi connectivity index (χ1n) is 10.3. The van der Waals surface area contributed by atoms with Gasteiger partial charge in [0.1, 0.15) is 11.5 Å². The van der Waals surface area contributed by atoms with E-state index in [0.717, 1.165) is 11.8 Å². The third kappa shape index (κ3) is 6.12. The van der Waals surface area contributed by atoms with Crippen LogP contribution in [-0.4, -0.2) is 63.2 Å². The largest absolute Gasteiger partial charge is 0.508 e. The van der Waals surface area contributed by atoms with Gasteiger partial charge in [-0.25, -0.2) is 13.2 Å². The van der Waals surface area contributed by atoms with Gasteiger partial charge in [0.2, 0.25) is 10.0 Å². The molecule has 3 N–H and O–H groups in total. The van der Waals surface area contributed by atoms with Gasteiger partial charge in [-0.3, -0.25) is 4.31 Å². The summed E-state index contributed by atoms with van der Waals surface area (Å²) in [6.07, 6.45) is 0.846. The molecule has 0 saturated heterocycles. The second-order valence-corrected chi connectivity index (χ2v) is 9.50. The molecule has 1 aliphatic heterocycles. The molecular weight excluding hydrogens is 436 g/mol. The number of anilines is 1. The minimum Gasteiger partial charge on any atom is -0.508 e. The Bertz CT molecular complexity index is 1040. The molecule has 0 saturated carbocycles. The van der Waals surface area contributed by atoms with Crippen molar-refractivity contribution in [2.45, 2.75) is 25.5 Å². The molecule has 1 aliphatic rings. The van der Waals surface area contributed by atoms with Gasteiger partial charge < -0.3 is 25.0 Å². The molecule has 174 valence electrons. The first-order valence-corrected chi connectivity index (χ1v) is 12.1. The maximum Gasteiger partial charge on any atom is 0.344 e. The fraction of sp³-hybridized carbons (Fsp3) is 0.409. The van der Waals surface area contributed by atoms with Crippen LogP contribution in [0.1, 0.15) is 24.2 Å². The zero-order valence-corrected chi connectivity index (χ0v) is 18.8. The van der Waals surface area contributed by atoms with Crippen molar-refractivity contribution in [2.75, 3.05) is 36.9 Å². The monoisotopic (exact) mass is 464 g/mol. The third-order valence-corrected chi connectivity index (χ3v) is 6.26. The van der Waals surface area contributed by atoms with Crippen LogP contribution in [0.25, 0.3) is 0 Å². The van der Waals surface area contributed by atoms with Crippen LogP contribution in [0.15, 0.2) is 42.5 Å². The molecule has 0 spiro atoms. The third-order valence-electron chi connectivity index (χ3n) is 5.11. The van der Waals surface area contributed by atoms with Crippen LogP contribution < -0.4 is 14.4 Å². The molecular formula is C22H28N2O7S. The van der Waals surface area contributed by atoms with E-state index in [1.165, 1.54) is 16.4 Å². The number of nitrogens with one attached hydrogen (secondary N) is 1. The maximum absolute atomic E-state index is 12.4. The van der Waals surface area contributed by atoms with Crippen molar-refractivity contribution in [1.29, 1.82) is 0 Å². The maximum atomic E-state index is 12.4. The lowest BCUT2D eigenvalue weighted by atomic mass is 9.98. The van der Waals surface area contributed by atoms with Crippen molar-refractivity contribution in [3.8, 4) is 11.5 Å². The van der Waals surface area contributed by atoms with E-state index < -0.39 is 22.1 Å². The fourth-order valence-corrected chi connectivity index (χ4v) is 4.56. The Kier molecular flexibility index (Phi) is 7.60. The Morgan fingerprint density at radius 3 is 2.62 bits per heavy atom. The van der Waals surface area contributed by atoms with Crippen LogP contribution in [0, 0.1) is 0 Å². The van der Waals surface area contributed by atoms with Crippen LogP contribution in [0.2, 0.25) is 0 Å². The number of phenolic OH excluding ortho intramolecular Hbond substituents is 1. The van der Waals surface area contributed by atoms with E-state index >= 15 is 0 Å². The van der Waals surface area contributed by atoms with E-state index in [1.807, 2.05) is 0 Å². The average Bonchev–Trinajstić information content (AvgIpc) is 2.75. The number of hydrogen-bond acceptors (Lipinski definition) is 8. The van der Waals surface area contributed by atoms with Gasteiger partial charge in [0.05, 0.1) is 24.7 Å². The van der Waals surface area contributed by atoms with E-state index in [9.17, 15) is 23.4 Å². The first-order chi connectivity index (χ1) is 15.2. The molecule has 0 amide bonds. The predicted molar refractivity (Wildman–Crippen MR) is 119 cm³/mol. The lowest BCUT2D eigenvalue weighted by molar-refractivity contribution is -0.145. The number of esters is 1. The van der Waals surface area contributed by atoms with Crippen LogP contribution in [0.3, 0.4) is 0 Å². The Labute approximate surface area is 187 Å². The second kappa shape index (κ2) is 10.2. The molecule has 0 fully saturated rings. The summed E-state index contributed by atoms with van der Waals surface area (Å²) < 4.78 is 36.4. The smallest absolute Gasteiger partial charge is 0.344 e. The van der Waals surface area contributed by atoms with Crippen LogP contribution in [-0.2, 0) is 26.0 Å². The normalized spacial score (nSPS) is 16.8. The predicted octanol–water partition coefficient (Wildman–Crippen LogP) is 1.35. The van der Waals surface area contributed by atoms with Crippen LogP contribution >= 0.6 is 0 Å². The molecule has 0 aliphatic carbocycles. The molecule has 2 aromatic carbocycles. The number of carbonyl (C=O) groups excluding carboxylic acids is 1. The zero-order valence-electron chi connectivity index (χ0n) is 18.0. The van der Waals surface area contributed by atoms with Gasteiger partial charge in [-0.15, -0.1) is 0 Å². The Morgan fingerprint density at radius 2 is 1.97 bits per heavy atom. The zero-order chi connectivity index (χ0) is 23.3. The number of phenols is 1. The number of aliphatic hydroxyl groups excluding tert-OH is 1. The van der Waals surface area contributed by atoms with E-state index in [2.05, 4.69) is 5.32 Å². The number of rotatable bonds is 9. The van der Waals surface area contributed by atoms with Crippen molar-refractivity contribution < 1.29 is 32.9 Å². The number of hydrogen-bond donors (Lipinski definition) is 3. The standard InChI is InChI=1S/C22H28N2O7S/c1-3-30-22(27)14-31-19-8-9-20-16(11-19)10-17(13-24(20)32(2,28)29)23-12-21(26)15-4-6-18(25)7-5-15/h4-9,11,17,21,23,25-26H,3,10,12-14H2,1-2H3/t17?,21-/m0/s1. The summed E-state index contributed by atoms with van der Waals surface area (Å²) in [4.78, 5) is 11.5. The molecule has 2 aromatic rings. The number of fused-ring (bicyclic) bond motifs is 1. The first kappa shape index (κ1) is 23.8. The van der Waals surface area contributed by atoms with Crippen molar-refractivity contribution in [2.24, 2.45) is 0 Å². The van der Waals surface area contributed by atoms with Crippen molar-refractivity contribution in [1.82, 2.24) is 5.32 Å². The van der Waals surface area contributed by atoms with Crippen molar-refractivity contribution in [3.05, 3.63) is 53.6 Å². The lowest BCUT2D eigenvalue weighted by Gasteiger charge is -2.35. The molecule has 32 heavy (non-hydrogen) atoms. The highest BCUT2D eigenvalue weighted by Crippen LogP contribution is 2.32. The number of aromatic hydroxyl groups is 1. The molecule has 1 heterocycles. The van der Waals surface area contributed by atoms with E-state index in [4.69, 9.17) is 9.47 Å². The summed E-state index contributed by atoms with van der Waals surface area (Å²) in [6, 6.07) is 11.0.